The molecule has 2 aromatic rings. The van der Waals surface area contributed by atoms with Gasteiger partial charge in [-0.15, -0.1) is 0 Å². The minimum Gasteiger partial charge on any atom is -0.297 e. The van der Waals surface area contributed by atoms with Crippen LogP contribution in [0.3, 0.4) is 0 Å². The lowest BCUT2D eigenvalue weighted by atomic mass is 10.2. The summed E-state index contributed by atoms with van der Waals surface area (Å²) in [6.07, 6.45) is 5.84. The minimum atomic E-state index is 0.962. The Morgan fingerprint density at radius 2 is 1.94 bits per heavy atom. The molecule has 0 spiro atoms. The first-order valence-electron chi connectivity index (χ1n) is 5.67. The van der Waals surface area contributed by atoms with Crippen molar-refractivity contribution in [2.75, 3.05) is 0 Å². The Bertz CT molecular complexity index is 548. The van der Waals surface area contributed by atoms with Crippen LogP contribution in [0.5, 0.6) is 0 Å². The number of hydrogen-bond donors (Lipinski definition) is 0. The van der Waals surface area contributed by atoms with E-state index in [1.165, 1.54) is 0 Å². The third-order valence-electron chi connectivity index (χ3n) is 2.64. The first kappa shape index (κ1) is 11.4. The molecule has 17 heavy (non-hydrogen) atoms. The molecule has 1 heterocycles. The summed E-state index contributed by atoms with van der Waals surface area (Å²) >= 11 is 0. The molecule has 1 aromatic carbocycles. The number of hydrogen-bond acceptors (Lipinski definition) is 1. The zero-order valence-electron chi connectivity index (χ0n) is 10.2. The molecule has 0 radical (unpaired) electrons. The highest BCUT2D eigenvalue weighted by Gasteiger charge is 2.10. The second kappa shape index (κ2) is 4.83. The largest absolute Gasteiger partial charge is 0.297 e. The van der Waals surface area contributed by atoms with Gasteiger partial charge < -0.3 is 0 Å². The predicted molar refractivity (Wildman–Crippen MR) is 73.1 cm³/mol. The van der Waals surface area contributed by atoms with Crippen LogP contribution < -0.4 is 0 Å². The number of allylic oxidation sites excluding steroid dienone is 1. The molecule has 0 N–H and O–H groups in total. The number of nitrogens with zero attached hydrogens (tertiary/aromatic N) is 2. The van der Waals surface area contributed by atoms with Crippen LogP contribution in [0.15, 0.2) is 43.0 Å². The summed E-state index contributed by atoms with van der Waals surface area (Å²) in [5, 5.41) is 0. The first-order chi connectivity index (χ1) is 8.27. The van der Waals surface area contributed by atoms with Gasteiger partial charge in [-0.25, -0.2) is 4.98 Å². The van der Waals surface area contributed by atoms with Crippen LogP contribution in [0.1, 0.15) is 24.1 Å². The molecular weight excluding hydrogens is 208 g/mol. The molecule has 0 aliphatic heterocycles. The summed E-state index contributed by atoms with van der Waals surface area (Å²) in [4.78, 5) is 4.55. The zero-order valence-corrected chi connectivity index (χ0v) is 10.2. The van der Waals surface area contributed by atoms with Crippen molar-refractivity contribution < 1.29 is 0 Å². The van der Waals surface area contributed by atoms with Crippen molar-refractivity contribution >= 4 is 12.2 Å². The van der Waals surface area contributed by atoms with Gasteiger partial charge in [-0.3, -0.25) is 4.57 Å². The number of imidazole rings is 1. The Morgan fingerprint density at radius 1 is 1.24 bits per heavy atom. The lowest BCUT2D eigenvalue weighted by Gasteiger charge is -2.07. The second-order valence-corrected chi connectivity index (χ2v) is 3.80. The molecule has 0 amide bonds. The van der Waals surface area contributed by atoms with E-state index < -0.39 is 0 Å². The Morgan fingerprint density at radius 3 is 2.53 bits per heavy atom. The van der Waals surface area contributed by atoms with Gasteiger partial charge in [-0.05, 0) is 38.1 Å². The van der Waals surface area contributed by atoms with Gasteiger partial charge in [0.2, 0.25) is 0 Å². The Balaban J connectivity index is 2.65. The maximum atomic E-state index is 4.55. The van der Waals surface area contributed by atoms with Gasteiger partial charge in [0.15, 0.2) is 0 Å². The van der Waals surface area contributed by atoms with E-state index in [4.69, 9.17) is 0 Å². The van der Waals surface area contributed by atoms with E-state index >= 15 is 0 Å². The van der Waals surface area contributed by atoms with Crippen molar-refractivity contribution in [2.45, 2.75) is 13.8 Å². The molecule has 0 saturated heterocycles. The lowest BCUT2D eigenvalue weighted by Crippen LogP contribution is -1.98. The Labute approximate surface area is 102 Å². The van der Waals surface area contributed by atoms with Gasteiger partial charge in [0.1, 0.15) is 5.82 Å². The van der Waals surface area contributed by atoms with Gasteiger partial charge in [-0.2, -0.15) is 0 Å². The van der Waals surface area contributed by atoms with Gasteiger partial charge in [-0.1, -0.05) is 30.9 Å². The van der Waals surface area contributed by atoms with Crippen molar-refractivity contribution in [3.05, 3.63) is 60.2 Å². The minimum absolute atomic E-state index is 0.962. The molecule has 0 aliphatic carbocycles. The van der Waals surface area contributed by atoms with Crippen molar-refractivity contribution in [3.8, 4) is 5.69 Å². The monoisotopic (exact) mass is 224 g/mol. The molecule has 0 unspecified atom stereocenters. The van der Waals surface area contributed by atoms with Crippen LogP contribution in [0, 0.1) is 6.92 Å². The highest BCUT2D eigenvalue weighted by molar-refractivity contribution is 5.62. The predicted octanol–water partition coefficient (Wildman–Crippen LogP) is 3.86. The van der Waals surface area contributed by atoms with Crippen LogP contribution >= 0.6 is 0 Å². The summed E-state index contributed by atoms with van der Waals surface area (Å²) in [5.41, 5.74) is 3.11. The van der Waals surface area contributed by atoms with E-state index in [2.05, 4.69) is 28.3 Å². The number of benzene rings is 1. The normalized spacial score (nSPS) is 10.9. The van der Waals surface area contributed by atoms with Crippen LogP contribution in [0.25, 0.3) is 17.8 Å². The lowest BCUT2D eigenvalue weighted by molar-refractivity contribution is 0.966. The van der Waals surface area contributed by atoms with Crippen molar-refractivity contribution in [3.63, 3.8) is 0 Å². The molecular formula is C15H16N2. The molecule has 2 heteroatoms. The number of aromatic nitrogens is 2. The summed E-state index contributed by atoms with van der Waals surface area (Å²) in [6.45, 7) is 7.88. The van der Waals surface area contributed by atoms with E-state index in [0.717, 1.165) is 22.9 Å². The summed E-state index contributed by atoms with van der Waals surface area (Å²) in [7, 11) is 0. The molecule has 0 bridgehead atoms. The van der Waals surface area contributed by atoms with E-state index in [-0.39, 0.29) is 0 Å². The van der Waals surface area contributed by atoms with Crippen LogP contribution in [0.2, 0.25) is 0 Å². The zero-order chi connectivity index (χ0) is 12.3. The highest BCUT2D eigenvalue weighted by Crippen LogP contribution is 2.20. The first-order valence-corrected chi connectivity index (χ1v) is 5.67. The quantitative estimate of drug-likeness (QED) is 0.774. The maximum Gasteiger partial charge on any atom is 0.111 e. The van der Waals surface area contributed by atoms with Gasteiger partial charge in [0.25, 0.3) is 0 Å². The Hall–Kier alpha value is -2.09. The molecule has 0 aliphatic rings. The smallest absolute Gasteiger partial charge is 0.111 e. The maximum absolute atomic E-state index is 4.55. The molecule has 0 saturated carbocycles. The third-order valence-corrected chi connectivity index (χ3v) is 2.64. The van der Waals surface area contributed by atoms with E-state index in [1.807, 2.05) is 50.3 Å². The van der Waals surface area contributed by atoms with E-state index in [0.29, 0.717) is 0 Å². The van der Waals surface area contributed by atoms with E-state index in [9.17, 15) is 0 Å². The van der Waals surface area contributed by atoms with Crippen molar-refractivity contribution in [1.29, 1.82) is 0 Å². The highest BCUT2D eigenvalue weighted by atomic mass is 15.1. The van der Waals surface area contributed by atoms with Gasteiger partial charge in [0, 0.05) is 5.69 Å². The van der Waals surface area contributed by atoms with Crippen molar-refractivity contribution in [1.82, 2.24) is 9.55 Å². The fraction of sp³-hybridized carbons (Fsp3) is 0.133. The van der Waals surface area contributed by atoms with Crippen LogP contribution in [0.4, 0.5) is 0 Å². The van der Waals surface area contributed by atoms with Gasteiger partial charge >= 0.3 is 0 Å². The average molecular weight is 224 g/mol. The fourth-order valence-corrected chi connectivity index (χ4v) is 1.95. The average Bonchev–Trinajstić information content (AvgIpc) is 2.67. The molecule has 86 valence electrons. The third kappa shape index (κ3) is 2.07. The molecule has 2 rings (SSSR count). The summed E-state index contributed by atoms with van der Waals surface area (Å²) < 4.78 is 2.11. The summed E-state index contributed by atoms with van der Waals surface area (Å²) in [5.74, 6) is 0.971. The fourth-order valence-electron chi connectivity index (χ4n) is 1.95. The van der Waals surface area contributed by atoms with Crippen molar-refractivity contribution in [2.24, 2.45) is 0 Å². The molecule has 0 fully saturated rings. The number of aryl methyl sites for hydroxylation is 1. The molecule has 0 atom stereocenters. The molecule has 1 aromatic heterocycles. The molecule has 2 nitrogen and oxygen atoms in total. The topological polar surface area (TPSA) is 17.8 Å². The van der Waals surface area contributed by atoms with Crippen LogP contribution in [-0.4, -0.2) is 9.55 Å². The summed E-state index contributed by atoms with van der Waals surface area (Å²) in [6, 6.07) is 10.2. The second-order valence-electron chi connectivity index (χ2n) is 3.80. The van der Waals surface area contributed by atoms with Gasteiger partial charge in [0.05, 0.1) is 11.4 Å². The van der Waals surface area contributed by atoms with Crippen LogP contribution in [-0.2, 0) is 0 Å². The number of rotatable bonds is 3. The Kier molecular flexibility index (Phi) is 3.24. The standard InChI is InChI=1S/C15H16N2/c1-4-9-14-15(5-2)17(12(3)16-14)13-10-7-6-8-11-13/h4-11H,2H2,1,3H3/b9-4-. The van der Waals surface area contributed by atoms with E-state index in [1.54, 1.807) is 0 Å². The SMILES string of the molecule is C=Cc1c(/C=C\C)nc(C)n1-c1ccccc1. The number of para-hydroxylation sites is 1.